The maximum Gasteiger partial charge on any atom is 0.311 e. The maximum atomic E-state index is 12.3. The molecule has 7 heteroatoms. The standard InChI is InChI=1S/C15H12N2O4S/c1-21-13(18)6-9-8-22-12(16-9)7-17-14(19)10-4-2-3-5-11(10)15(17)20/h2-5,8H,6-7H2,1H3. The number of rotatable bonds is 4. The van der Waals surface area contributed by atoms with Crippen molar-refractivity contribution in [2.75, 3.05) is 7.11 Å². The molecule has 3 rings (SSSR count). The number of fused-ring (bicyclic) bond motifs is 1. The summed E-state index contributed by atoms with van der Waals surface area (Å²) in [4.78, 5) is 41.1. The number of ether oxygens (including phenoxy) is 1. The molecule has 0 N–H and O–H groups in total. The van der Waals surface area contributed by atoms with Gasteiger partial charge in [-0.05, 0) is 12.1 Å². The summed E-state index contributed by atoms with van der Waals surface area (Å²) in [5, 5.41) is 2.33. The summed E-state index contributed by atoms with van der Waals surface area (Å²) in [6.45, 7) is 0.109. The largest absolute Gasteiger partial charge is 0.469 e. The van der Waals surface area contributed by atoms with Crippen LogP contribution < -0.4 is 0 Å². The predicted octanol–water partition coefficient (Wildman–Crippen LogP) is 1.65. The molecule has 22 heavy (non-hydrogen) atoms. The summed E-state index contributed by atoms with van der Waals surface area (Å²) in [6.07, 6.45) is 0.0785. The van der Waals surface area contributed by atoms with Crippen LogP contribution in [0.1, 0.15) is 31.4 Å². The number of methoxy groups -OCH3 is 1. The Hall–Kier alpha value is -2.54. The minimum absolute atomic E-state index is 0.0785. The van der Waals surface area contributed by atoms with Crippen LogP contribution in [-0.4, -0.2) is 34.8 Å². The molecule has 0 radical (unpaired) electrons. The Morgan fingerprint density at radius 2 is 1.86 bits per heavy atom. The molecule has 0 fully saturated rings. The van der Waals surface area contributed by atoms with E-state index >= 15 is 0 Å². The molecule has 1 aliphatic rings. The molecule has 2 amide bonds. The maximum absolute atomic E-state index is 12.3. The Kier molecular flexibility index (Phi) is 3.72. The number of esters is 1. The van der Waals surface area contributed by atoms with E-state index in [2.05, 4.69) is 9.72 Å². The topological polar surface area (TPSA) is 76.6 Å². The van der Waals surface area contributed by atoms with Gasteiger partial charge in [-0.1, -0.05) is 12.1 Å². The normalized spacial score (nSPS) is 13.4. The van der Waals surface area contributed by atoms with Gasteiger partial charge in [0, 0.05) is 5.38 Å². The van der Waals surface area contributed by atoms with Crippen LogP contribution in [0.15, 0.2) is 29.6 Å². The first-order valence-corrected chi connectivity index (χ1v) is 7.43. The Balaban J connectivity index is 1.76. The molecule has 1 aromatic carbocycles. The average Bonchev–Trinajstić information content (AvgIpc) is 3.06. The summed E-state index contributed by atoms with van der Waals surface area (Å²) in [6, 6.07) is 6.73. The van der Waals surface area contributed by atoms with Crippen LogP contribution in [0, 0.1) is 0 Å². The number of aromatic nitrogens is 1. The van der Waals surface area contributed by atoms with Gasteiger partial charge >= 0.3 is 5.97 Å². The van der Waals surface area contributed by atoms with Crippen molar-refractivity contribution < 1.29 is 19.1 Å². The smallest absolute Gasteiger partial charge is 0.311 e. The van der Waals surface area contributed by atoms with Crippen LogP contribution in [-0.2, 0) is 22.5 Å². The number of amides is 2. The number of thiazole rings is 1. The highest BCUT2D eigenvalue weighted by atomic mass is 32.1. The minimum atomic E-state index is -0.377. The average molecular weight is 316 g/mol. The number of carbonyl (C=O) groups excluding carboxylic acids is 3. The predicted molar refractivity (Wildman–Crippen MR) is 78.5 cm³/mol. The molecule has 0 atom stereocenters. The number of hydrogen-bond acceptors (Lipinski definition) is 6. The van der Waals surface area contributed by atoms with E-state index in [-0.39, 0.29) is 30.7 Å². The highest BCUT2D eigenvalue weighted by Crippen LogP contribution is 2.25. The molecule has 0 aliphatic carbocycles. The quantitative estimate of drug-likeness (QED) is 0.633. The molecule has 0 saturated carbocycles. The Bertz CT molecular complexity index is 733. The Morgan fingerprint density at radius 1 is 1.23 bits per heavy atom. The molecule has 2 heterocycles. The van der Waals surface area contributed by atoms with Crippen molar-refractivity contribution in [1.29, 1.82) is 0 Å². The van der Waals surface area contributed by atoms with Crippen molar-refractivity contribution in [2.45, 2.75) is 13.0 Å². The van der Waals surface area contributed by atoms with Gasteiger partial charge in [0.25, 0.3) is 11.8 Å². The van der Waals surface area contributed by atoms with E-state index < -0.39 is 0 Å². The zero-order valence-electron chi connectivity index (χ0n) is 11.7. The van der Waals surface area contributed by atoms with E-state index in [0.717, 1.165) is 0 Å². The zero-order chi connectivity index (χ0) is 15.7. The third-order valence-corrected chi connectivity index (χ3v) is 4.21. The van der Waals surface area contributed by atoms with E-state index in [1.165, 1.54) is 23.3 Å². The van der Waals surface area contributed by atoms with Gasteiger partial charge in [0.15, 0.2) is 0 Å². The lowest BCUT2D eigenvalue weighted by molar-refractivity contribution is -0.139. The lowest BCUT2D eigenvalue weighted by atomic mass is 10.1. The van der Waals surface area contributed by atoms with Gasteiger partial charge in [-0.2, -0.15) is 0 Å². The summed E-state index contributed by atoms with van der Waals surface area (Å²) in [7, 11) is 1.31. The summed E-state index contributed by atoms with van der Waals surface area (Å²) >= 11 is 1.31. The van der Waals surface area contributed by atoms with Gasteiger partial charge < -0.3 is 4.74 Å². The minimum Gasteiger partial charge on any atom is -0.469 e. The Labute approximate surface area is 130 Å². The molecular formula is C15H12N2O4S. The first-order valence-electron chi connectivity index (χ1n) is 6.55. The molecule has 0 unspecified atom stereocenters. The van der Waals surface area contributed by atoms with Gasteiger partial charge in [0.05, 0.1) is 36.9 Å². The summed E-state index contributed by atoms with van der Waals surface area (Å²) in [5.41, 5.74) is 1.40. The van der Waals surface area contributed by atoms with Crippen LogP contribution in [0.4, 0.5) is 0 Å². The number of hydrogen-bond donors (Lipinski definition) is 0. The molecule has 112 valence electrons. The lowest BCUT2D eigenvalue weighted by Crippen LogP contribution is -2.29. The molecule has 1 aromatic heterocycles. The van der Waals surface area contributed by atoms with Crippen LogP contribution in [0.2, 0.25) is 0 Å². The fourth-order valence-electron chi connectivity index (χ4n) is 2.24. The van der Waals surface area contributed by atoms with Crippen molar-refractivity contribution >= 4 is 29.1 Å². The summed E-state index contributed by atoms with van der Waals surface area (Å²) < 4.78 is 4.58. The molecule has 0 saturated heterocycles. The van der Waals surface area contributed by atoms with Crippen molar-refractivity contribution in [2.24, 2.45) is 0 Å². The number of nitrogens with zero attached hydrogens (tertiary/aromatic N) is 2. The molecule has 2 aromatic rings. The monoisotopic (exact) mass is 316 g/mol. The van der Waals surface area contributed by atoms with Crippen molar-refractivity contribution in [3.63, 3.8) is 0 Å². The Morgan fingerprint density at radius 3 is 2.45 bits per heavy atom. The van der Waals surface area contributed by atoms with E-state index in [1.807, 2.05) is 0 Å². The van der Waals surface area contributed by atoms with Crippen molar-refractivity contribution in [3.8, 4) is 0 Å². The summed E-state index contributed by atoms with van der Waals surface area (Å²) in [5.74, 6) is -1.01. The molecular weight excluding hydrogens is 304 g/mol. The fourth-order valence-corrected chi connectivity index (χ4v) is 3.02. The molecule has 6 nitrogen and oxygen atoms in total. The van der Waals surface area contributed by atoms with Crippen LogP contribution >= 0.6 is 11.3 Å². The van der Waals surface area contributed by atoms with E-state index in [9.17, 15) is 14.4 Å². The van der Waals surface area contributed by atoms with Crippen LogP contribution in [0.5, 0.6) is 0 Å². The van der Waals surface area contributed by atoms with Gasteiger partial charge in [-0.15, -0.1) is 11.3 Å². The highest BCUT2D eigenvalue weighted by molar-refractivity contribution is 7.09. The van der Waals surface area contributed by atoms with E-state index in [0.29, 0.717) is 21.8 Å². The second kappa shape index (κ2) is 5.69. The lowest BCUT2D eigenvalue weighted by Gasteiger charge is -2.11. The van der Waals surface area contributed by atoms with Crippen LogP contribution in [0.25, 0.3) is 0 Å². The van der Waals surface area contributed by atoms with Gasteiger partial charge in [0.2, 0.25) is 0 Å². The van der Waals surface area contributed by atoms with Crippen molar-refractivity contribution in [3.05, 3.63) is 51.5 Å². The SMILES string of the molecule is COC(=O)Cc1csc(CN2C(=O)c3ccccc3C2=O)n1. The third kappa shape index (κ3) is 2.50. The number of benzene rings is 1. The molecule has 0 bridgehead atoms. The van der Waals surface area contributed by atoms with E-state index in [1.54, 1.807) is 29.6 Å². The van der Waals surface area contributed by atoms with E-state index in [4.69, 9.17) is 0 Å². The first-order chi connectivity index (χ1) is 10.6. The highest BCUT2D eigenvalue weighted by Gasteiger charge is 2.35. The fraction of sp³-hybridized carbons (Fsp3) is 0.200. The first kappa shape index (κ1) is 14.4. The molecule has 0 spiro atoms. The number of carbonyl (C=O) groups is 3. The van der Waals surface area contributed by atoms with Gasteiger partial charge in [0.1, 0.15) is 5.01 Å². The second-order valence-electron chi connectivity index (χ2n) is 4.73. The number of imide groups is 1. The van der Waals surface area contributed by atoms with Gasteiger partial charge in [-0.3, -0.25) is 19.3 Å². The zero-order valence-corrected chi connectivity index (χ0v) is 12.6. The third-order valence-electron chi connectivity index (χ3n) is 3.32. The van der Waals surface area contributed by atoms with Crippen molar-refractivity contribution in [1.82, 2.24) is 9.88 Å². The van der Waals surface area contributed by atoms with Gasteiger partial charge in [-0.25, -0.2) is 4.98 Å². The molecule has 1 aliphatic heterocycles. The second-order valence-corrected chi connectivity index (χ2v) is 5.67. The van der Waals surface area contributed by atoms with Crippen LogP contribution in [0.3, 0.4) is 0 Å².